The number of carbonyl (C=O) groups excluding carboxylic acids is 1. The van der Waals surface area contributed by atoms with Gasteiger partial charge < -0.3 is 23.5 Å². The summed E-state index contributed by atoms with van der Waals surface area (Å²) < 4.78 is 36.4. The Morgan fingerprint density at radius 1 is 0.786 bits per heavy atom. The first-order valence-electron chi connectivity index (χ1n) is 21.3. The van der Waals surface area contributed by atoms with Gasteiger partial charge in [-0.05, 0) is 85.5 Å². The van der Waals surface area contributed by atoms with E-state index in [-0.39, 0.29) is 12.0 Å². The van der Waals surface area contributed by atoms with Crippen molar-refractivity contribution < 1.29 is 32.5 Å². The standard InChI is InChI=1S/C43H57NO7S.2C2H6/c1-4-5-6-7-8-9-10-11-12-13-14-15-16-17-21-24-40(45)50-39-30-35-32(29-38(39)49-3)27-28-44-31-36-34(42(46)41(35)44)25-26-37(48-2)43(36)51-52(47)33-22-19-18-20-23-33;2*1-2/h11-12,18-20,22-23,25-26,29-30,41-42,46H,4-10,13-17,21,24,27-28,31H2,1-3H3;2*1-2H3/b12-11+;;. The average molecular weight is 792 g/mol. The largest absolute Gasteiger partial charge is 0.493 e. The number of allylic oxidation sites excluding steroid dienone is 2. The third-order valence-electron chi connectivity index (χ3n) is 10.2. The third kappa shape index (κ3) is 13.5. The van der Waals surface area contributed by atoms with Crippen LogP contribution >= 0.6 is 0 Å². The van der Waals surface area contributed by atoms with Crippen LogP contribution in [0, 0.1) is 0 Å². The minimum absolute atomic E-state index is 0.279. The summed E-state index contributed by atoms with van der Waals surface area (Å²) in [5.41, 5.74) is 3.39. The lowest BCUT2D eigenvalue weighted by Gasteiger charge is -2.44. The van der Waals surface area contributed by atoms with Crippen molar-refractivity contribution in [1.82, 2.24) is 4.90 Å². The molecule has 9 heteroatoms. The number of benzene rings is 3. The molecule has 3 unspecified atom stereocenters. The van der Waals surface area contributed by atoms with Crippen LogP contribution in [0.1, 0.15) is 159 Å². The molecule has 0 aromatic heterocycles. The quantitative estimate of drug-likeness (QED) is 0.0493. The summed E-state index contributed by atoms with van der Waals surface area (Å²) in [5.74, 6) is 1.43. The van der Waals surface area contributed by atoms with Crippen molar-refractivity contribution in [2.75, 3.05) is 20.8 Å². The fraction of sp³-hybridized carbons (Fsp3) is 0.553. The maximum Gasteiger partial charge on any atom is 0.311 e. The van der Waals surface area contributed by atoms with Gasteiger partial charge in [0.1, 0.15) is 0 Å². The average Bonchev–Trinajstić information content (AvgIpc) is 3.23. The number of methoxy groups -OCH3 is 2. The van der Waals surface area contributed by atoms with Crippen molar-refractivity contribution in [3.63, 3.8) is 0 Å². The molecule has 56 heavy (non-hydrogen) atoms. The molecule has 0 saturated carbocycles. The van der Waals surface area contributed by atoms with E-state index in [9.17, 15) is 14.1 Å². The second kappa shape index (κ2) is 26.3. The molecule has 0 radical (unpaired) electrons. The van der Waals surface area contributed by atoms with Gasteiger partial charge in [-0.1, -0.05) is 122 Å². The lowest BCUT2D eigenvalue weighted by Crippen LogP contribution is -2.42. The topological polar surface area (TPSA) is 94.5 Å². The molecule has 0 aliphatic carbocycles. The summed E-state index contributed by atoms with van der Waals surface area (Å²) in [6.45, 7) is 11.4. The summed E-state index contributed by atoms with van der Waals surface area (Å²) in [7, 11) is 3.13. The molecule has 5 rings (SSSR count). The van der Waals surface area contributed by atoms with E-state index < -0.39 is 17.2 Å². The van der Waals surface area contributed by atoms with Gasteiger partial charge in [0.05, 0.1) is 31.3 Å². The minimum atomic E-state index is -1.77. The molecule has 3 aromatic rings. The van der Waals surface area contributed by atoms with E-state index in [2.05, 4.69) is 24.0 Å². The summed E-state index contributed by atoms with van der Waals surface area (Å²) in [4.78, 5) is 15.7. The highest BCUT2D eigenvalue weighted by molar-refractivity contribution is 7.80. The Morgan fingerprint density at radius 2 is 1.41 bits per heavy atom. The van der Waals surface area contributed by atoms with E-state index in [4.69, 9.17) is 18.4 Å². The Bertz CT molecular complexity index is 1640. The number of fused-ring (bicyclic) bond motifs is 4. The molecule has 0 saturated heterocycles. The van der Waals surface area contributed by atoms with Crippen LogP contribution in [0.15, 0.2) is 71.6 Å². The first-order valence-corrected chi connectivity index (χ1v) is 22.4. The summed E-state index contributed by atoms with van der Waals surface area (Å²) in [5, 5.41) is 11.9. The number of aliphatic hydroxyl groups is 1. The SMILES string of the molecule is CC.CC.CCCCCCCC/C=C/CCCCCCCC(=O)Oc1cc2c(cc1OC)CCN1Cc3c(ccc(OC)c3OS(=O)c3ccccc3)C(O)C21. The van der Waals surface area contributed by atoms with Crippen LogP contribution in [0.2, 0.25) is 0 Å². The first-order chi connectivity index (χ1) is 27.4. The zero-order chi connectivity index (χ0) is 40.7. The highest BCUT2D eigenvalue weighted by Crippen LogP contribution is 2.50. The van der Waals surface area contributed by atoms with Gasteiger partial charge in [0.25, 0.3) is 0 Å². The summed E-state index contributed by atoms with van der Waals surface area (Å²) >= 11 is -1.77. The van der Waals surface area contributed by atoms with Crippen LogP contribution in [0.25, 0.3) is 0 Å². The molecule has 0 spiro atoms. The Hall–Kier alpha value is -3.66. The van der Waals surface area contributed by atoms with E-state index in [1.807, 2.05) is 64.1 Å². The van der Waals surface area contributed by atoms with Crippen LogP contribution in [-0.2, 0) is 28.8 Å². The molecule has 0 amide bonds. The maximum absolute atomic E-state index is 13.2. The van der Waals surface area contributed by atoms with Crippen molar-refractivity contribution in [1.29, 1.82) is 0 Å². The van der Waals surface area contributed by atoms with Crippen molar-refractivity contribution in [3.05, 3.63) is 89.0 Å². The second-order valence-corrected chi connectivity index (χ2v) is 15.0. The number of ether oxygens (including phenoxy) is 3. The third-order valence-corrected chi connectivity index (χ3v) is 11.2. The number of aliphatic hydroxyl groups excluding tert-OH is 1. The Labute approximate surface area is 340 Å². The number of nitrogens with zero attached hydrogens (tertiary/aromatic N) is 1. The van der Waals surface area contributed by atoms with E-state index in [1.54, 1.807) is 32.4 Å². The normalized spacial score (nSPS) is 16.2. The van der Waals surface area contributed by atoms with E-state index in [0.29, 0.717) is 53.0 Å². The molecular formula is C47H69NO7S. The van der Waals surface area contributed by atoms with Gasteiger partial charge in [-0.2, -0.15) is 0 Å². The second-order valence-electron chi connectivity index (χ2n) is 13.9. The first kappa shape index (κ1) is 46.7. The van der Waals surface area contributed by atoms with E-state index in [0.717, 1.165) is 48.8 Å². The van der Waals surface area contributed by atoms with Gasteiger partial charge in [-0.3, -0.25) is 9.69 Å². The molecule has 1 N–H and O–H groups in total. The lowest BCUT2D eigenvalue weighted by atomic mass is 9.81. The van der Waals surface area contributed by atoms with Crippen LogP contribution in [0.4, 0.5) is 0 Å². The van der Waals surface area contributed by atoms with Gasteiger partial charge >= 0.3 is 5.97 Å². The molecule has 3 aromatic carbocycles. The van der Waals surface area contributed by atoms with Crippen LogP contribution in [0.3, 0.4) is 0 Å². The molecule has 0 bridgehead atoms. The van der Waals surface area contributed by atoms with Crippen molar-refractivity contribution in [2.24, 2.45) is 0 Å². The minimum Gasteiger partial charge on any atom is -0.493 e. The Balaban J connectivity index is 0.00000204. The van der Waals surface area contributed by atoms with Crippen LogP contribution in [-0.4, -0.2) is 40.9 Å². The summed E-state index contributed by atoms with van der Waals surface area (Å²) in [6.07, 6.45) is 20.5. The van der Waals surface area contributed by atoms with E-state index in [1.165, 1.54) is 57.8 Å². The lowest BCUT2D eigenvalue weighted by molar-refractivity contribution is -0.134. The van der Waals surface area contributed by atoms with Gasteiger partial charge in [-0.25, -0.2) is 4.21 Å². The number of hydrogen-bond donors (Lipinski definition) is 1. The van der Waals surface area contributed by atoms with Crippen LogP contribution in [0.5, 0.6) is 23.0 Å². The number of unbranched alkanes of at least 4 members (excludes halogenated alkanes) is 11. The van der Waals surface area contributed by atoms with Gasteiger partial charge in [-0.15, -0.1) is 0 Å². The molecule has 2 aliphatic heterocycles. The highest BCUT2D eigenvalue weighted by atomic mass is 32.2. The summed E-state index contributed by atoms with van der Waals surface area (Å²) in [6, 6.07) is 16.0. The smallest absolute Gasteiger partial charge is 0.311 e. The fourth-order valence-corrected chi connectivity index (χ4v) is 8.16. The Kier molecular flexibility index (Phi) is 21.9. The molecule has 310 valence electrons. The maximum atomic E-state index is 13.2. The molecule has 0 fully saturated rings. The Morgan fingerprint density at radius 3 is 2.05 bits per heavy atom. The molecule has 2 heterocycles. The number of hydrogen-bond acceptors (Lipinski definition) is 8. The van der Waals surface area contributed by atoms with Gasteiger partial charge in [0.2, 0.25) is 11.1 Å². The number of carbonyl (C=O) groups is 1. The molecule has 2 aliphatic rings. The fourth-order valence-electron chi connectivity index (χ4n) is 7.35. The zero-order valence-corrected chi connectivity index (χ0v) is 36.1. The van der Waals surface area contributed by atoms with Crippen molar-refractivity contribution in [3.8, 4) is 23.0 Å². The van der Waals surface area contributed by atoms with Crippen molar-refractivity contribution >= 4 is 17.0 Å². The van der Waals surface area contributed by atoms with E-state index >= 15 is 0 Å². The van der Waals surface area contributed by atoms with Crippen molar-refractivity contribution in [2.45, 2.75) is 155 Å². The monoisotopic (exact) mass is 791 g/mol. The van der Waals surface area contributed by atoms with Gasteiger partial charge in [0.15, 0.2) is 23.0 Å². The molecule has 8 nitrogen and oxygen atoms in total. The molecule has 3 atom stereocenters. The highest BCUT2D eigenvalue weighted by Gasteiger charge is 2.41. The predicted octanol–water partition coefficient (Wildman–Crippen LogP) is 11.9. The predicted molar refractivity (Wildman–Crippen MR) is 229 cm³/mol. The zero-order valence-electron chi connectivity index (χ0n) is 35.3. The number of esters is 1. The van der Waals surface area contributed by atoms with Crippen LogP contribution < -0.4 is 18.4 Å². The number of rotatable bonds is 21. The molecular weight excluding hydrogens is 723 g/mol. The van der Waals surface area contributed by atoms with Gasteiger partial charge in [0, 0.05) is 25.1 Å².